The van der Waals surface area contributed by atoms with Gasteiger partial charge >= 0.3 is 5.97 Å². The van der Waals surface area contributed by atoms with Crippen molar-refractivity contribution in [3.8, 4) is 0 Å². The van der Waals surface area contributed by atoms with Gasteiger partial charge in [-0.2, -0.15) is 0 Å². The Hall–Kier alpha value is -2.86. The van der Waals surface area contributed by atoms with Crippen LogP contribution in [-0.4, -0.2) is 30.9 Å². The molecule has 0 saturated heterocycles. The first-order chi connectivity index (χ1) is 13.0. The molecule has 2 rings (SSSR count). The summed E-state index contributed by atoms with van der Waals surface area (Å²) in [5, 5.41) is 5.86. The maximum Gasteiger partial charge on any atom is 0.340 e. The first-order valence-corrected chi connectivity index (χ1v) is 8.99. The number of anilines is 1. The van der Waals surface area contributed by atoms with Gasteiger partial charge in [-0.05, 0) is 42.8 Å². The van der Waals surface area contributed by atoms with E-state index in [0.29, 0.717) is 22.8 Å². The fourth-order valence-electron chi connectivity index (χ4n) is 2.23. The van der Waals surface area contributed by atoms with E-state index in [9.17, 15) is 14.4 Å². The molecule has 0 atom stereocenters. The molecule has 0 spiro atoms. The van der Waals surface area contributed by atoms with Crippen molar-refractivity contribution in [2.45, 2.75) is 19.8 Å². The molecule has 142 valence electrons. The maximum absolute atomic E-state index is 12.3. The normalized spacial score (nSPS) is 10.1. The van der Waals surface area contributed by atoms with E-state index in [4.69, 9.17) is 16.3 Å². The second-order valence-electron chi connectivity index (χ2n) is 5.79. The third-order valence-corrected chi connectivity index (χ3v) is 3.94. The van der Waals surface area contributed by atoms with E-state index in [-0.39, 0.29) is 24.0 Å². The van der Waals surface area contributed by atoms with Crippen LogP contribution in [0.15, 0.2) is 48.5 Å². The lowest BCUT2D eigenvalue weighted by Crippen LogP contribution is -2.29. The van der Waals surface area contributed by atoms with Crippen LogP contribution in [0.5, 0.6) is 0 Å². The Morgan fingerprint density at radius 2 is 1.74 bits per heavy atom. The third kappa shape index (κ3) is 6.42. The van der Waals surface area contributed by atoms with Gasteiger partial charge < -0.3 is 15.4 Å². The molecule has 2 amide bonds. The van der Waals surface area contributed by atoms with Crippen molar-refractivity contribution in [1.82, 2.24) is 5.32 Å². The predicted octanol–water partition coefficient (Wildman–Crippen LogP) is 3.67. The van der Waals surface area contributed by atoms with Gasteiger partial charge in [-0.15, -0.1) is 0 Å². The Bertz CT molecular complexity index is 806. The third-order valence-electron chi connectivity index (χ3n) is 3.69. The Morgan fingerprint density at radius 1 is 1.04 bits per heavy atom. The van der Waals surface area contributed by atoms with Gasteiger partial charge in [0.25, 0.3) is 11.8 Å². The first-order valence-electron chi connectivity index (χ1n) is 8.61. The highest BCUT2D eigenvalue weighted by atomic mass is 35.5. The van der Waals surface area contributed by atoms with Crippen molar-refractivity contribution in [3.63, 3.8) is 0 Å². The van der Waals surface area contributed by atoms with Crippen molar-refractivity contribution >= 4 is 35.1 Å². The molecule has 7 heteroatoms. The van der Waals surface area contributed by atoms with Crippen LogP contribution >= 0.6 is 11.6 Å². The number of hydrogen-bond acceptors (Lipinski definition) is 4. The molecule has 0 fully saturated rings. The van der Waals surface area contributed by atoms with Gasteiger partial charge in [-0.1, -0.05) is 37.1 Å². The fraction of sp³-hybridized carbons (Fsp3) is 0.250. The zero-order valence-corrected chi connectivity index (χ0v) is 15.7. The van der Waals surface area contributed by atoms with Crippen molar-refractivity contribution in [3.05, 3.63) is 64.7 Å². The standard InChI is InChI=1S/C20H21ClN2O4/c1-2-3-12-22-18(24)13-27-20(26)16-6-4-5-7-17(16)23-19(25)14-8-10-15(21)11-9-14/h4-11H,2-3,12-13H2,1H3,(H,22,24)(H,23,25). The highest BCUT2D eigenvalue weighted by Gasteiger charge is 2.16. The number of rotatable bonds is 8. The molecule has 0 radical (unpaired) electrons. The number of benzene rings is 2. The molecule has 0 aromatic heterocycles. The summed E-state index contributed by atoms with van der Waals surface area (Å²) in [6.45, 7) is 2.18. The molecule has 0 bridgehead atoms. The van der Waals surface area contributed by atoms with Gasteiger partial charge in [-0.3, -0.25) is 9.59 Å². The van der Waals surface area contributed by atoms with Crippen LogP contribution < -0.4 is 10.6 Å². The minimum atomic E-state index is -0.687. The summed E-state index contributed by atoms with van der Waals surface area (Å²) in [4.78, 5) is 36.3. The van der Waals surface area contributed by atoms with Gasteiger partial charge in [0.05, 0.1) is 11.3 Å². The highest BCUT2D eigenvalue weighted by molar-refractivity contribution is 6.30. The molecule has 2 aromatic carbocycles. The number of hydrogen-bond donors (Lipinski definition) is 2. The Labute approximate surface area is 162 Å². The number of nitrogens with one attached hydrogen (secondary N) is 2. The second-order valence-corrected chi connectivity index (χ2v) is 6.22. The van der Waals surface area contributed by atoms with Gasteiger partial charge in [0, 0.05) is 17.1 Å². The van der Waals surface area contributed by atoms with Crippen LogP contribution in [-0.2, 0) is 9.53 Å². The summed E-state index contributed by atoms with van der Waals surface area (Å²) in [6, 6.07) is 12.8. The molecule has 0 unspecified atom stereocenters. The number of halogens is 1. The SMILES string of the molecule is CCCCNC(=O)COC(=O)c1ccccc1NC(=O)c1ccc(Cl)cc1. The summed E-state index contributed by atoms with van der Waals surface area (Å²) in [5.74, 6) is -1.43. The molecule has 2 aromatic rings. The topological polar surface area (TPSA) is 84.5 Å². The fourth-order valence-corrected chi connectivity index (χ4v) is 2.36. The van der Waals surface area contributed by atoms with Crippen LogP contribution in [0.25, 0.3) is 0 Å². The van der Waals surface area contributed by atoms with Gasteiger partial charge in [0.15, 0.2) is 6.61 Å². The molecular formula is C20H21ClN2O4. The van der Waals surface area contributed by atoms with E-state index < -0.39 is 5.97 Å². The van der Waals surface area contributed by atoms with E-state index in [2.05, 4.69) is 10.6 Å². The van der Waals surface area contributed by atoms with Crippen molar-refractivity contribution < 1.29 is 19.1 Å². The number of esters is 1. The molecule has 0 aliphatic rings. The minimum Gasteiger partial charge on any atom is -0.452 e. The van der Waals surface area contributed by atoms with E-state index in [0.717, 1.165) is 12.8 Å². The summed E-state index contributed by atoms with van der Waals surface area (Å²) in [5.41, 5.74) is 0.868. The smallest absolute Gasteiger partial charge is 0.340 e. The van der Waals surface area contributed by atoms with Crippen LogP contribution in [0, 0.1) is 0 Å². The second kappa shape index (κ2) is 10.3. The van der Waals surface area contributed by atoms with Gasteiger partial charge in [-0.25, -0.2) is 4.79 Å². The van der Waals surface area contributed by atoms with Crippen LogP contribution in [0.2, 0.25) is 5.02 Å². The molecule has 6 nitrogen and oxygen atoms in total. The Kier molecular flexibility index (Phi) is 7.82. The molecular weight excluding hydrogens is 368 g/mol. The monoisotopic (exact) mass is 388 g/mol. The average molecular weight is 389 g/mol. The lowest BCUT2D eigenvalue weighted by atomic mass is 10.1. The van der Waals surface area contributed by atoms with Crippen molar-refractivity contribution in [2.75, 3.05) is 18.5 Å². The largest absolute Gasteiger partial charge is 0.452 e. The number of ether oxygens (including phenoxy) is 1. The van der Waals surface area contributed by atoms with Crippen LogP contribution in [0.1, 0.15) is 40.5 Å². The molecule has 0 aliphatic heterocycles. The van der Waals surface area contributed by atoms with E-state index in [1.165, 1.54) is 6.07 Å². The molecule has 0 aliphatic carbocycles. The Morgan fingerprint density at radius 3 is 2.44 bits per heavy atom. The summed E-state index contributed by atoms with van der Waals surface area (Å²) in [6.07, 6.45) is 1.82. The molecule has 0 saturated carbocycles. The Balaban J connectivity index is 1.99. The van der Waals surface area contributed by atoms with E-state index >= 15 is 0 Å². The lowest BCUT2D eigenvalue weighted by Gasteiger charge is -2.11. The summed E-state index contributed by atoms with van der Waals surface area (Å²) in [7, 11) is 0. The maximum atomic E-state index is 12.3. The first kappa shape index (κ1) is 20.5. The van der Waals surface area contributed by atoms with Gasteiger partial charge in [0.2, 0.25) is 0 Å². The number of para-hydroxylation sites is 1. The van der Waals surface area contributed by atoms with E-state index in [1.54, 1.807) is 42.5 Å². The average Bonchev–Trinajstić information content (AvgIpc) is 2.67. The molecule has 2 N–H and O–H groups in total. The summed E-state index contributed by atoms with van der Waals surface area (Å²) >= 11 is 5.82. The van der Waals surface area contributed by atoms with Crippen molar-refractivity contribution in [2.24, 2.45) is 0 Å². The van der Waals surface area contributed by atoms with E-state index in [1.807, 2.05) is 6.92 Å². The van der Waals surface area contributed by atoms with Gasteiger partial charge in [0.1, 0.15) is 0 Å². The number of carbonyl (C=O) groups excluding carboxylic acids is 3. The summed E-state index contributed by atoms with van der Waals surface area (Å²) < 4.78 is 5.04. The quantitative estimate of drug-likeness (QED) is 0.533. The zero-order chi connectivity index (χ0) is 19.6. The van der Waals surface area contributed by atoms with Crippen LogP contribution in [0.3, 0.4) is 0 Å². The molecule has 0 heterocycles. The van der Waals surface area contributed by atoms with Crippen LogP contribution in [0.4, 0.5) is 5.69 Å². The lowest BCUT2D eigenvalue weighted by molar-refractivity contribution is -0.124. The molecule has 27 heavy (non-hydrogen) atoms. The highest BCUT2D eigenvalue weighted by Crippen LogP contribution is 2.18. The number of carbonyl (C=O) groups is 3. The minimum absolute atomic E-state index is 0.168. The number of amides is 2. The van der Waals surface area contributed by atoms with Crippen molar-refractivity contribution in [1.29, 1.82) is 0 Å². The zero-order valence-electron chi connectivity index (χ0n) is 15.0. The number of unbranched alkanes of at least 4 members (excludes halogenated alkanes) is 1. The predicted molar refractivity (Wildman–Crippen MR) is 104 cm³/mol.